The molecule has 5 aromatic rings. The first kappa shape index (κ1) is 28.5. The van der Waals surface area contributed by atoms with Gasteiger partial charge in [0.25, 0.3) is 0 Å². The number of carbonyl (C=O) groups is 1. The molecule has 42 heavy (non-hydrogen) atoms. The lowest BCUT2D eigenvalue weighted by molar-refractivity contribution is -0.137. The number of benzene rings is 2. The Morgan fingerprint density at radius 2 is 1.71 bits per heavy atom. The zero-order chi connectivity index (χ0) is 29.5. The molecule has 5 rings (SSSR count). The molecule has 0 aliphatic rings. The van der Waals surface area contributed by atoms with Gasteiger partial charge in [0.15, 0.2) is 5.13 Å². The maximum absolute atomic E-state index is 13.3. The summed E-state index contributed by atoms with van der Waals surface area (Å²) in [7, 11) is 0. The smallest absolute Gasteiger partial charge is 0.416 e. The number of aromatic nitrogens is 4. The number of rotatable bonds is 9. The summed E-state index contributed by atoms with van der Waals surface area (Å²) in [5.74, 6) is 0.513. The third kappa shape index (κ3) is 7.18. The average molecular weight is 592 g/mol. The van der Waals surface area contributed by atoms with Crippen LogP contribution in [0.25, 0.3) is 21.6 Å². The van der Waals surface area contributed by atoms with Crippen LogP contribution in [0.15, 0.2) is 85.6 Å². The molecule has 2 amide bonds. The summed E-state index contributed by atoms with van der Waals surface area (Å²) in [6.45, 7) is 2.96. The Hall–Kier alpha value is -5.04. The van der Waals surface area contributed by atoms with Crippen LogP contribution in [0.1, 0.15) is 18.9 Å². The summed E-state index contributed by atoms with van der Waals surface area (Å²) in [4.78, 5) is 30.3. The van der Waals surface area contributed by atoms with Crippen molar-refractivity contribution in [1.29, 1.82) is 0 Å². The number of thiazole rings is 1. The van der Waals surface area contributed by atoms with Gasteiger partial charge in [-0.05, 0) is 54.4 Å². The molecule has 9 nitrogen and oxygen atoms in total. The first-order valence-corrected chi connectivity index (χ1v) is 13.6. The fourth-order valence-electron chi connectivity index (χ4n) is 3.83. The van der Waals surface area contributed by atoms with Gasteiger partial charge in [-0.15, -0.1) is 0 Å². The van der Waals surface area contributed by atoms with Crippen molar-refractivity contribution in [1.82, 2.24) is 19.9 Å². The van der Waals surface area contributed by atoms with E-state index in [1.807, 2.05) is 18.3 Å². The van der Waals surface area contributed by atoms with Crippen molar-refractivity contribution in [3.05, 3.63) is 91.1 Å². The van der Waals surface area contributed by atoms with E-state index in [1.54, 1.807) is 41.8 Å². The summed E-state index contributed by atoms with van der Waals surface area (Å²) in [6.07, 6.45) is 3.93. The van der Waals surface area contributed by atoms with Crippen molar-refractivity contribution in [2.75, 3.05) is 22.5 Å². The van der Waals surface area contributed by atoms with Gasteiger partial charge in [0, 0.05) is 36.3 Å². The highest BCUT2D eigenvalue weighted by molar-refractivity contribution is 7.18. The Morgan fingerprint density at radius 3 is 2.40 bits per heavy atom. The molecule has 0 fully saturated rings. The molecule has 13 heteroatoms. The Bertz CT molecular complexity index is 1650. The van der Waals surface area contributed by atoms with Gasteiger partial charge in [-0.3, -0.25) is 4.98 Å². The highest BCUT2D eigenvalue weighted by Gasteiger charge is 2.31. The van der Waals surface area contributed by atoms with E-state index in [0.29, 0.717) is 16.9 Å². The monoisotopic (exact) mass is 591 g/mol. The first-order chi connectivity index (χ1) is 20.3. The zero-order valence-corrected chi connectivity index (χ0v) is 23.0. The molecule has 0 spiro atoms. The standard InChI is InChI=1S/C29H24F3N7O2S/c1-2-11-34-28-37-17-25(42-28)18-5-8-22(9-6-18)41-27-35-15-21(16-36-27)38-26(40)39-24-13-20(29(30,31)32)7-10-23(24)19-4-3-12-33-14-19/h3-10,12-17H,2,11H2,1H3,(H,34,37)(H2,38,39,40). The lowest BCUT2D eigenvalue weighted by Crippen LogP contribution is -2.20. The van der Waals surface area contributed by atoms with Gasteiger partial charge < -0.3 is 20.7 Å². The second-order valence-electron chi connectivity index (χ2n) is 8.92. The average Bonchev–Trinajstić information content (AvgIpc) is 3.46. The molecule has 0 aliphatic carbocycles. The third-order valence-electron chi connectivity index (χ3n) is 5.83. The van der Waals surface area contributed by atoms with Gasteiger partial charge in [0.1, 0.15) is 5.75 Å². The van der Waals surface area contributed by atoms with Crippen molar-refractivity contribution in [3.63, 3.8) is 0 Å². The molecular weight excluding hydrogens is 567 g/mol. The molecule has 0 radical (unpaired) electrons. The van der Waals surface area contributed by atoms with Crippen molar-refractivity contribution in [2.24, 2.45) is 0 Å². The van der Waals surface area contributed by atoms with Gasteiger partial charge >= 0.3 is 18.2 Å². The van der Waals surface area contributed by atoms with Crippen LogP contribution in [0.3, 0.4) is 0 Å². The van der Waals surface area contributed by atoms with Gasteiger partial charge in [-0.2, -0.15) is 13.2 Å². The van der Waals surface area contributed by atoms with E-state index in [1.165, 1.54) is 24.7 Å². The van der Waals surface area contributed by atoms with Crippen LogP contribution in [0.4, 0.5) is 34.5 Å². The van der Waals surface area contributed by atoms with Crippen molar-refractivity contribution >= 4 is 33.9 Å². The van der Waals surface area contributed by atoms with E-state index in [-0.39, 0.29) is 17.4 Å². The van der Waals surface area contributed by atoms with Gasteiger partial charge in [0.05, 0.1) is 34.2 Å². The maximum Gasteiger partial charge on any atom is 0.416 e. The summed E-state index contributed by atoms with van der Waals surface area (Å²) in [5, 5.41) is 9.14. The van der Waals surface area contributed by atoms with Crippen molar-refractivity contribution in [3.8, 4) is 33.3 Å². The molecular formula is C29H24F3N7O2S. The first-order valence-electron chi connectivity index (χ1n) is 12.8. The Balaban J connectivity index is 1.22. The van der Waals surface area contributed by atoms with Crippen LogP contribution in [0.5, 0.6) is 11.8 Å². The molecule has 0 aliphatic heterocycles. The van der Waals surface area contributed by atoms with Crippen LogP contribution in [-0.2, 0) is 6.18 Å². The van der Waals surface area contributed by atoms with Crippen molar-refractivity contribution in [2.45, 2.75) is 19.5 Å². The quantitative estimate of drug-likeness (QED) is 0.159. The SMILES string of the molecule is CCCNc1ncc(-c2ccc(Oc3ncc(NC(=O)Nc4cc(C(F)(F)F)ccc4-c4cccnc4)cn3)cc2)s1. The van der Waals surface area contributed by atoms with Gasteiger partial charge in [0.2, 0.25) is 0 Å². The number of nitrogens with one attached hydrogen (secondary N) is 3. The van der Waals surface area contributed by atoms with Crippen LogP contribution < -0.4 is 20.7 Å². The predicted octanol–water partition coefficient (Wildman–Crippen LogP) is 7.94. The molecule has 3 N–H and O–H groups in total. The van der Waals surface area contributed by atoms with Crippen LogP contribution >= 0.6 is 11.3 Å². The molecule has 214 valence electrons. The Morgan fingerprint density at radius 1 is 0.929 bits per heavy atom. The fraction of sp³-hybridized carbons (Fsp3) is 0.138. The minimum absolute atomic E-state index is 0.0357. The molecule has 3 aromatic heterocycles. The minimum atomic E-state index is -4.58. The number of nitrogens with zero attached hydrogens (tertiary/aromatic N) is 4. The number of anilines is 3. The number of alkyl halides is 3. The number of pyridine rings is 1. The summed E-state index contributed by atoms with van der Waals surface area (Å²) < 4.78 is 45.7. The lowest BCUT2D eigenvalue weighted by Gasteiger charge is -2.15. The number of amides is 2. The molecule has 0 saturated heterocycles. The van der Waals surface area contributed by atoms with Crippen LogP contribution in [0.2, 0.25) is 0 Å². The zero-order valence-electron chi connectivity index (χ0n) is 22.1. The minimum Gasteiger partial charge on any atom is -0.424 e. The van der Waals surface area contributed by atoms with E-state index in [9.17, 15) is 18.0 Å². The largest absolute Gasteiger partial charge is 0.424 e. The normalized spacial score (nSPS) is 11.1. The molecule has 0 bridgehead atoms. The van der Waals surface area contributed by atoms with E-state index in [4.69, 9.17) is 4.74 Å². The summed E-state index contributed by atoms with van der Waals surface area (Å²) in [6, 6.07) is 13.1. The molecule has 3 heterocycles. The van der Waals surface area contributed by atoms with E-state index in [2.05, 4.69) is 42.8 Å². The van der Waals surface area contributed by atoms with Crippen molar-refractivity contribution < 1.29 is 22.7 Å². The van der Waals surface area contributed by atoms with E-state index >= 15 is 0 Å². The third-order valence-corrected chi connectivity index (χ3v) is 6.84. The summed E-state index contributed by atoms with van der Waals surface area (Å²) >= 11 is 1.56. The second kappa shape index (κ2) is 12.6. The second-order valence-corrected chi connectivity index (χ2v) is 9.95. The predicted molar refractivity (Wildman–Crippen MR) is 156 cm³/mol. The number of carbonyl (C=O) groups excluding carboxylic acids is 1. The Labute approximate surface area is 242 Å². The van der Waals surface area contributed by atoms with Gasteiger partial charge in [-0.25, -0.2) is 19.7 Å². The lowest BCUT2D eigenvalue weighted by atomic mass is 10.0. The molecule has 0 atom stereocenters. The maximum atomic E-state index is 13.3. The van der Waals surface area contributed by atoms with Gasteiger partial charge in [-0.1, -0.05) is 30.4 Å². The number of hydrogen-bond acceptors (Lipinski definition) is 8. The van der Waals surface area contributed by atoms with Crippen LogP contribution in [0, 0.1) is 0 Å². The van der Waals surface area contributed by atoms with Crippen LogP contribution in [-0.4, -0.2) is 32.5 Å². The molecule has 2 aromatic carbocycles. The number of hydrogen-bond donors (Lipinski definition) is 3. The topological polar surface area (TPSA) is 114 Å². The summed E-state index contributed by atoms with van der Waals surface area (Å²) in [5.41, 5.74) is 1.18. The number of ether oxygens (including phenoxy) is 1. The number of urea groups is 1. The van der Waals surface area contributed by atoms with E-state index < -0.39 is 17.8 Å². The Kier molecular flexibility index (Phi) is 8.58. The molecule has 0 unspecified atom stereocenters. The molecule has 0 saturated carbocycles. The number of halogens is 3. The fourth-order valence-corrected chi connectivity index (χ4v) is 4.68. The highest BCUT2D eigenvalue weighted by atomic mass is 32.1. The highest BCUT2D eigenvalue weighted by Crippen LogP contribution is 2.36. The van der Waals surface area contributed by atoms with E-state index in [0.717, 1.165) is 40.7 Å².